The van der Waals surface area contributed by atoms with Gasteiger partial charge in [0.15, 0.2) is 0 Å². The number of carboxylic acids is 1. The number of benzene rings is 1. The highest BCUT2D eigenvalue weighted by atomic mass is 16.5. The monoisotopic (exact) mass is 276 g/mol. The summed E-state index contributed by atoms with van der Waals surface area (Å²) in [6.45, 7) is 1.62. The Morgan fingerprint density at radius 2 is 2.20 bits per heavy atom. The molecule has 0 amide bonds. The van der Waals surface area contributed by atoms with Crippen LogP contribution in [0.25, 0.3) is 0 Å². The average Bonchev–Trinajstić information content (AvgIpc) is 2.48. The van der Waals surface area contributed by atoms with Gasteiger partial charge in [-0.25, -0.2) is 0 Å². The molecule has 1 fully saturated rings. The van der Waals surface area contributed by atoms with E-state index < -0.39 is 11.4 Å². The first-order valence-corrected chi connectivity index (χ1v) is 7.22. The van der Waals surface area contributed by atoms with Gasteiger partial charge in [0.05, 0.1) is 24.7 Å². The van der Waals surface area contributed by atoms with Crippen molar-refractivity contribution in [1.82, 2.24) is 0 Å². The lowest BCUT2D eigenvalue weighted by Crippen LogP contribution is -2.41. The molecular formula is C16H20O4. The van der Waals surface area contributed by atoms with Gasteiger partial charge in [-0.15, -0.1) is 0 Å². The third kappa shape index (κ3) is 2.45. The van der Waals surface area contributed by atoms with Gasteiger partial charge < -0.3 is 14.6 Å². The van der Waals surface area contributed by atoms with Crippen LogP contribution in [-0.2, 0) is 20.7 Å². The van der Waals surface area contributed by atoms with Crippen molar-refractivity contribution in [3.63, 3.8) is 0 Å². The summed E-state index contributed by atoms with van der Waals surface area (Å²) in [6, 6.07) is 8.18. The summed E-state index contributed by atoms with van der Waals surface area (Å²) in [7, 11) is 0. The predicted molar refractivity (Wildman–Crippen MR) is 73.6 cm³/mol. The van der Waals surface area contributed by atoms with Gasteiger partial charge in [-0.2, -0.15) is 0 Å². The van der Waals surface area contributed by atoms with Gasteiger partial charge >= 0.3 is 5.97 Å². The average molecular weight is 276 g/mol. The standard InChI is InChI=1S/C16H20O4/c17-15(18)16(7-3-8-19-11-16)10-14-13-5-2-1-4-12(13)6-9-20-14/h1-2,4-5,14H,3,6-11H2,(H,17,18). The topological polar surface area (TPSA) is 55.8 Å². The number of fused-ring (bicyclic) bond motifs is 1. The summed E-state index contributed by atoms with van der Waals surface area (Å²) in [5.41, 5.74) is 1.62. The summed E-state index contributed by atoms with van der Waals surface area (Å²) < 4.78 is 11.3. The molecule has 1 N–H and O–H groups in total. The molecule has 108 valence electrons. The number of ether oxygens (including phenoxy) is 2. The number of carbonyl (C=O) groups is 1. The Hall–Kier alpha value is -1.39. The second kappa shape index (κ2) is 5.54. The van der Waals surface area contributed by atoms with Crippen molar-refractivity contribution < 1.29 is 19.4 Å². The zero-order valence-corrected chi connectivity index (χ0v) is 11.5. The van der Waals surface area contributed by atoms with Crippen LogP contribution >= 0.6 is 0 Å². The van der Waals surface area contributed by atoms with Crippen molar-refractivity contribution in [2.75, 3.05) is 19.8 Å². The molecule has 2 atom stereocenters. The SMILES string of the molecule is O=C(O)C1(CC2OCCc3ccccc32)CCCOC1. The summed E-state index contributed by atoms with van der Waals surface area (Å²) >= 11 is 0. The molecular weight excluding hydrogens is 256 g/mol. The van der Waals surface area contributed by atoms with E-state index in [0.29, 0.717) is 32.7 Å². The van der Waals surface area contributed by atoms with Gasteiger partial charge in [-0.1, -0.05) is 24.3 Å². The first-order chi connectivity index (χ1) is 9.71. The van der Waals surface area contributed by atoms with Gasteiger partial charge in [-0.05, 0) is 36.8 Å². The molecule has 2 heterocycles. The van der Waals surface area contributed by atoms with E-state index in [2.05, 4.69) is 12.1 Å². The molecule has 1 saturated heterocycles. The normalized spacial score (nSPS) is 29.7. The minimum Gasteiger partial charge on any atom is -0.481 e. The third-order valence-electron chi connectivity index (χ3n) is 4.44. The van der Waals surface area contributed by atoms with Crippen LogP contribution in [-0.4, -0.2) is 30.9 Å². The van der Waals surface area contributed by atoms with Crippen LogP contribution in [0.5, 0.6) is 0 Å². The van der Waals surface area contributed by atoms with Crippen LogP contribution in [0.15, 0.2) is 24.3 Å². The van der Waals surface area contributed by atoms with Gasteiger partial charge in [0, 0.05) is 6.61 Å². The summed E-state index contributed by atoms with van der Waals surface area (Å²) in [6.07, 6.45) is 2.76. The van der Waals surface area contributed by atoms with Gasteiger partial charge in [0.25, 0.3) is 0 Å². The molecule has 3 rings (SSSR count). The highest BCUT2D eigenvalue weighted by Gasteiger charge is 2.43. The summed E-state index contributed by atoms with van der Waals surface area (Å²) in [5.74, 6) is -0.760. The Morgan fingerprint density at radius 3 is 2.95 bits per heavy atom. The second-order valence-corrected chi connectivity index (χ2v) is 5.75. The van der Waals surface area contributed by atoms with Crippen LogP contribution in [0, 0.1) is 5.41 Å². The molecule has 0 spiro atoms. The van der Waals surface area contributed by atoms with Crippen molar-refractivity contribution in [1.29, 1.82) is 0 Å². The van der Waals surface area contributed by atoms with Gasteiger partial charge in [0.2, 0.25) is 0 Å². The second-order valence-electron chi connectivity index (χ2n) is 5.75. The Kier molecular flexibility index (Phi) is 3.76. The lowest BCUT2D eigenvalue weighted by atomic mass is 9.76. The minimum atomic E-state index is -0.798. The highest BCUT2D eigenvalue weighted by Crippen LogP contribution is 2.41. The van der Waals surface area contributed by atoms with Crippen molar-refractivity contribution >= 4 is 5.97 Å². The summed E-state index contributed by atoms with van der Waals surface area (Å²) in [4.78, 5) is 11.7. The van der Waals surface area contributed by atoms with E-state index in [9.17, 15) is 9.90 Å². The Labute approximate surface area is 118 Å². The van der Waals surface area contributed by atoms with E-state index in [4.69, 9.17) is 9.47 Å². The van der Waals surface area contributed by atoms with Crippen LogP contribution in [0.3, 0.4) is 0 Å². The third-order valence-corrected chi connectivity index (χ3v) is 4.44. The maximum Gasteiger partial charge on any atom is 0.312 e. The van der Waals surface area contributed by atoms with E-state index in [1.54, 1.807) is 0 Å². The quantitative estimate of drug-likeness (QED) is 0.922. The fraction of sp³-hybridized carbons (Fsp3) is 0.562. The van der Waals surface area contributed by atoms with Crippen molar-refractivity contribution in [3.05, 3.63) is 35.4 Å². The molecule has 0 aliphatic carbocycles. The molecule has 2 aliphatic heterocycles. The van der Waals surface area contributed by atoms with E-state index in [1.165, 1.54) is 5.56 Å². The van der Waals surface area contributed by atoms with Crippen LogP contribution in [0.4, 0.5) is 0 Å². The van der Waals surface area contributed by atoms with Gasteiger partial charge in [0.1, 0.15) is 0 Å². The van der Waals surface area contributed by atoms with Crippen LogP contribution in [0.2, 0.25) is 0 Å². The molecule has 4 nitrogen and oxygen atoms in total. The summed E-state index contributed by atoms with van der Waals surface area (Å²) in [5, 5.41) is 9.63. The maximum atomic E-state index is 11.7. The van der Waals surface area contributed by atoms with Crippen molar-refractivity contribution in [2.45, 2.75) is 31.8 Å². The van der Waals surface area contributed by atoms with Crippen molar-refractivity contribution in [2.24, 2.45) is 5.41 Å². The molecule has 2 unspecified atom stereocenters. The van der Waals surface area contributed by atoms with E-state index in [-0.39, 0.29) is 6.10 Å². The number of hydrogen-bond acceptors (Lipinski definition) is 3. The molecule has 20 heavy (non-hydrogen) atoms. The van der Waals surface area contributed by atoms with E-state index >= 15 is 0 Å². The molecule has 0 radical (unpaired) electrons. The molecule has 1 aromatic rings. The maximum absolute atomic E-state index is 11.7. The Balaban J connectivity index is 1.85. The predicted octanol–water partition coefficient (Wildman–Crippen LogP) is 2.57. The number of hydrogen-bond donors (Lipinski definition) is 1. The Bertz CT molecular complexity index is 491. The van der Waals surface area contributed by atoms with Crippen molar-refractivity contribution in [3.8, 4) is 0 Å². The first-order valence-electron chi connectivity index (χ1n) is 7.22. The molecule has 0 saturated carbocycles. The number of aliphatic carboxylic acids is 1. The van der Waals surface area contributed by atoms with Crippen LogP contribution < -0.4 is 0 Å². The number of rotatable bonds is 3. The van der Waals surface area contributed by atoms with E-state index in [0.717, 1.165) is 18.4 Å². The molecule has 2 aliphatic rings. The minimum absolute atomic E-state index is 0.127. The molecule has 1 aromatic carbocycles. The zero-order chi connectivity index (χ0) is 14.0. The largest absolute Gasteiger partial charge is 0.481 e. The lowest BCUT2D eigenvalue weighted by molar-refractivity contribution is -0.162. The lowest BCUT2D eigenvalue weighted by Gasteiger charge is -2.37. The fourth-order valence-electron chi connectivity index (χ4n) is 3.27. The smallest absolute Gasteiger partial charge is 0.312 e. The fourth-order valence-corrected chi connectivity index (χ4v) is 3.27. The number of carboxylic acid groups (broad SMARTS) is 1. The van der Waals surface area contributed by atoms with Crippen LogP contribution in [0.1, 0.15) is 36.5 Å². The molecule has 0 aromatic heterocycles. The highest BCUT2D eigenvalue weighted by molar-refractivity contribution is 5.75. The molecule has 4 heteroatoms. The first kappa shape index (κ1) is 13.6. The molecule has 0 bridgehead atoms. The Morgan fingerprint density at radius 1 is 1.35 bits per heavy atom. The van der Waals surface area contributed by atoms with Gasteiger partial charge in [-0.3, -0.25) is 4.79 Å². The van der Waals surface area contributed by atoms with E-state index in [1.807, 2.05) is 12.1 Å². The zero-order valence-electron chi connectivity index (χ0n) is 11.5.